The van der Waals surface area contributed by atoms with Gasteiger partial charge in [0.15, 0.2) is 0 Å². The van der Waals surface area contributed by atoms with Gasteiger partial charge in [-0.2, -0.15) is 0 Å². The van der Waals surface area contributed by atoms with E-state index in [1.165, 1.54) is 12.1 Å². The lowest BCUT2D eigenvalue weighted by Crippen LogP contribution is -2.14. The van der Waals surface area contributed by atoms with Crippen LogP contribution in [0.2, 0.25) is 5.02 Å². The summed E-state index contributed by atoms with van der Waals surface area (Å²) in [5.74, 6) is -0.683. The second kappa shape index (κ2) is 5.78. The first kappa shape index (κ1) is 13.7. The van der Waals surface area contributed by atoms with E-state index in [1.54, 1.807) is 13.8 Å². The molecule has 0 saturated carbocycles. The maximum absolute atomic E-state index is 13.6. The molecule has 16 heavy (non-hydrogen) atoms. The fourth-order valence-electron chi connectivity index (χ4n) is 1.22. The van der Waals surface area contributed by atoms with E-state index in [1.807, 2.05) is 0 Å². The maximum atomic E-state index is 13.6. The van der Waals surface area contributed by atoms with Crippen LogP contribution in [0.25, 0.3) is 0 Å². The van der Waals surface area contributed by atoms with E-state index in [0.717, 1.165) is 6.07 Å². The summed E-state index contributed by atoms with van der Waals surface area (Å²) in [6.07, 6.45) is 0. The molecule has 1 rings (SSSR count). The van der Waals surface area contributed by atoms with Crippen LogP contribution in [0.1, 0.15) is 13.8 Å². The molecule has 0 N–H and O–H groups in total. The lowest BCUT2D eigenvalue weighted by molar-refractivity contribution is 0.229. The fraction of sp³-hybridized carbons (Fsp3) is 0.400. The van der Waals surface area contributed by atoms with Gasteiger partial charge in [-0.25, -0.2) is 4.39 Å². The lowest BCUT2D eigenvalue weighted by atomic mass is 10.3. The van der Waals surface area contributed by atoms with Crippen molar-refractivity contribution >= 4 is 24.5 Å². The Morgan fingerprint density at radius 1 is 1.31 bits per heavy atom. The summed E-state index contributed by atoms with van der Waals surface area (Å²) in [5, 5.41) is 0.154. The first-order valence-corrected chi connectivity index (χ1v) is 6.80. The fourth-order valence-corrected chi connectivity index (χ4v) is 2.99. The van der Waals surface area contributed by atoms with E-state index in [2.05, 4.69) is 0 Å². The molecule has 0 radical (unpaired) electrons. The Kier molecular flexibility index (Phi) is 4.93. The maximum Gasteiger partial charge on any atom is 0.364 e. The Hall–Kier alpha value is -0.410. The second-order valence-electron chi connectivity index (χ2n) is 2.93. The predicted octanol–water partition coefficient (Wildman–Crippen LogP) is 3.37. The standard InChI is InChI=1S/C10H13ClFO3P/c1-3-14-16(13,15-4-2)10-6-5-8(11)7-9(10)12/h5-7H,3-4H2,1-2H3. The molecule has 0 unspecified atom stereocenters. The van der Waals surface area contributed by atoms with Crippen molar-refractivity contribution in [3.63, 3.8) is 0 Å². The molecular weight excluding hydrogens is 254 g/mol. The van der Waals surface area contributed by atoms with Crippen molar-refractivity contribution in [2.24, 2.45) is 0 Å². The SMILES string of the molecule is CCOP(=O)(OCC)c1ccc(Cl)cc1F. The predicted molar refractivity (Wildman–Crippen MR) is 61.9 cm³/mol. The number of hydrogen-bond donors (Lipinski definition) is 0. The van der Waals surface area contributed by atoms with Crippen molar-refractivity contribution in [2.75, 3.05) is 13.2 Å². The van der Waals surface area contributed by atoms with Crippen molar-refractivity contribution in [3.8, 4) is 0 Å². The Labute approximate surface area is 99.1 Å². The molecule has 0 aromatic heterocycles. The Morgan fingerprint density at radius 3 is 2.31 bits per heavy atom. The molecule has 0 spiro atoms. The lowest BCUT2D eigenvalue weighted by Gasteiger charge is -2.17. The second-order valence-corrected chi connectivity index (χ2v) is 5.36. The highest BCUT2D eigenvalue weighted by Crippen LogP contribution is 2.47. The van der Waals surface area contributed by atoms with Crippen molar-refractivity contribution in [1.82, 2.24) is 0 Å². The molecule has 0 fully saturated rings. The van der Waals surface area contributed by atoms with Crippen LogP contribution >= 0.6 is 19.2 Å². The number of benzene rings is 1. The third kappa shape index (κ3) is 3.05. The molecular formula is C10H13ClFO3P. The van der Waals surface area contributed by atoms with Gasteiger partial charge in [-0.3, -0.25) is 4.57 Å². The van der Waals surface area contributed by atoms with Gasteiger partial charge >= 0.3 is 7.60 Å². The van der Waals surface area contributed by atoms with Gasteiger partial charge in [0.2, 0.25) is 0 Å². The van der Waals surface area contributed by atoms with Crippen molar-refractivity contribution in [1.29, 1.82) is 0 Å². The number of halogens is 2. The van der Waals surface area contributed by atoms with Crippen LogP contribution in [-0.2, 0) is 13.6 Å². The third-order valence-corrected chi connectivity index (χ3v) is 4.19. The molecule has 0 amide bonds. The average molecular weight is 267 g/mol. The monoisotopic (exact) mass is 266 g/mol. The van der Waals surface area contributed by atoms with E-state index in [-0.39, 0.29) is 23.5 Å². The quantitative estimate of drug-likeness (QED) is 0.767. The highest BCUT2D eigenvalue weighted by atomic mass is 35.5. The minimum absolute atomic E-state index is 0.0828. The van der Waals surface area contributed by atoms with Gasteiger partial charge in [-0.1, -0.05) is 11.6 Å². The van der Waals surface area contributed by atoms with Gasteiger partial charge in [0, 0.05) is 5.02 Å². The van der Waals surface area contributed by atoms with Crippen LogP contribution in [0.15, 0.2) is 18.2 Å². The van der Waals surface area contributed by atoms with Gasteiger partial charge < -0.3 is 9.05 Å². The smallest absolute Gasteiger partial charge is 0.305 e. The number of hydrogen-bond acceptors (Lipinski definition) is 3. The van der Waals surface area contributed by atoms with Crippen LogP contribution in [0.5, 0.6) is 0 Å². The molecule has 90 valence electrons. The van der Waals surface area contributed by atoms with Gasteiger partial charge in [0.25, 0.3) is 0 Å². The molecule has 1 aromatic carbocycles. The largest absolute Gasteiger partial charge is 0.364 e. The van der Waals surface area contributed by atoms with Gasteiger partial charge in [-0.05, 0) is 32.0 Å². The van der Waals surface area contributed by atoms with E-state index in [0.29, 0.717) is 0 Å². The van der Waals surface area contributed by atoms with Gasteiger partial charge in [0.1, 0.15) is 5.82 Å². The summed E-state index contributed by atoms with van der Waals surface area (Å²) >= 11 is 5.61. The van der Waals surface area contributed by atoms with Crippen LogP contribution in [0.3, 0.4) is 0 Å². The first-order chi connectivity index (χ1) is 7.53. The van der Waals surface area contributed by atoms with Gasteiger partial charge in [-0.15, -0.1) is 0 Å². The Morgan fingerprint density at radius 2 is 1.88 bits per heavy atom. The number of rotatable bonds is 5. The Balaban J connectivity index is 3.15. The molecule has 0 saturated heterocycles. The minimum atomic E-state index is -3.56. The Bertz CT molecular complexity index is 401. The van der Waals surface area contributed by atoms with Crippen LogP contribution in [0.4, 0.5) is 4.39 Å². The highest BCUT2D eigenvalue weighted by Gasteiger charge is 2.30. The molecule has 0 atom stereocenters. The zero-order chi connectivity index (χ0) is 12.2. The molecule has 3 nitrogen and oxygen atoms in total. The van der Waals surface area contributed by atoms with Crippen molar-refractivity contribution in [2.45, 2.75) is 13.8 Å². The average Bonchev–Trinajstić information content (AvgIpc) is 2.17. The zero-order valence-corrected chi connectivity index (χ0v) is 10.7. The molecule has 0 aliphatic heterocycles. The van der Waals surface area contributed by atoms with Crippen LogP contribution in [0, 0.1) is 5.82 Å². The summed E-state index contributed by atoms with van der Waals surface area (Å²) in [5.41, 5.74) is 0. The first-order valence-electron chi connectivity index (χ1n) is 4.88. The molecule has 0 bridgehead atoms. The normalized spacial score (nSPS) is 11.8. The van der Waals surface area contributed by atoms with Gasteiger partial charge in [0.05, 0.1) is 18.5 Å². The van der Waals surface area contributed by atoms with Crippen LogP contribution < -0.4 is 5.30 Å². The van der Waals surface area contributed by atoms with Crippen molar-refractivity contribution < 1.29 is 18.0 Å². The highest BCUT2D eigenvalue weighted by molar-refractivity contribution is 7.62. The third-order valence-electron chi connectivity index (χ3n) is 1.80. The minimum Gasteiger partial charge on any atom is -0.305 e. The van der Waals surface area contributed by atoms with Crippen molar-refractivity contribution in [3.05, 3.63) is 29.0 Å². The van der Waals surface area contributed by atoms with Crippen LogP contribution in [-0.4, -0.2) is 13.2 Å². The van der Waals surface area contributed by atoms with E-state index >= 15 is 0 Å². The zero-order valence-electron chi connectivity index (χ0n) is 9.07. The summed E-state index contributed by atoms with van der Waals surface area (Å²) in [6.45, 7) is 3.69. The molecule has 0 heterocycles. The summed E-state index contributed by atoms with van der Waals surface area (Å²) in [6, 6.07) is 3.86. The molecule has 0 aliphatic rings. The van der Waals surface area contributed by atoms with E-state index < -0.39 is 13.4 Å². The molecule has 1 aromatic rings. The molecule has 6 heteroatoms. The van der Waals surface area contributed by atoms with E-state index in [4.69, 9.17) is 20.6 Å². The summed E-state index contributed by atoms with van der Waals surface area (Å²) in [7, 11) is -3.56. The molecule has 0 aliphatic carbocycles. The summed E-state index contributed by atoms with van der Waals surface area (Å²) in [4.78, 5) is 0. The summed E-state index contributed by atoms with van der Waals surface area (Å²) < 4.78 is 35.8. The topological polar surface area (TPSA) is 35.5 Å². The van der Waals surface area contributed by atoms with E-state index in [9.17, 15) is 8.96 Å².